The Morgan fingerprint density at radius 3 is 2.89 bits per heavy atom. The number of hydrogen-bond donors (Lipinski definition) is 2. The SMILES string of the molecule is Cn1c(CN2CC[C@@H](NC(=O)c3cccnc3)[C@H](O)C2)cc2ccccc21. The highest BCUT2D eigenvalue weighted by molar-refractivity contribution is 5.94. The molecule has 1 aromatic carbocycles. The van der Waals surface area contributed by atoms with Gasteiger partial charge in [0.1, 0.15) is 0 Å². The van der Waals surface area contributed by atoms with Crippen LogP contribution in [0.1, 0.15) is 22.5 Å². The van der Waals surface area contributed by atoms with Crippen molar-refractivity contribution in [1.82, 2.24) is 19.8 Å². The highest BCUT2D eigenvalue weighted by Gasteiger charge is 2.29. The standard InChI is InChI=1S/C21H24N4O2/c1-24-17(11-15-5-2-3-7-19(15)24)13-25-10-8-18(20(26)14-25)23-21(27)16-6-4-9-22-12-16/h2-7,9,11-12,18,20,26H,8,10,13-14H2,1H3,(H,23,27)/t18-,20-/m1/s1. The molecule has 2 aromatic heterocycles. The molecule has 2 atom stereocenters. The third kappa shape index (κ3) is 3.72. The first kappa shape index (κ1) is 17.7. The molecule has 6 heteroatoms. The number of carbonyl (C=O) groups is 1. The van der Waals surface area contributed by atoms with Gasteiger partial charge in [0.05, 0.1) is 17.7 Å². The topological polar surface area (TPSA) is 70.4 Å². The Kier molecular flexibility index (Phi) is 4.92. The van der Waals surface area contributed by atoms with Crippen molar-refractivity contribution in [3.63, 3.8) is 0 Å². The van der Waals surface area contributed by atoms with Crippen molar-refractivity contribution in [3.8, 4) is 0 Å². The normalized spacial score (nSPS) is 20.7. The third-order valence-electron chi connectivity index (χ3n) is 5.34. The van der Waals surface area contributed by atoms with Crippen molar-refractivity contribution in [2.45, 2.75) is 25.1 Å². The van der Waals surface area contributed by atoms with Crippen LogP contribution in [0.5, 0.6) is 0 Å². The second-order valence-electron chi connectivity index (χ2n) is 7.17. The fourth-order valence-electron chi connectivity index (χ4n) is 3.78. The third-order valence-corrected chi connectivity index (χ3v) is 5.34. The molecule has 3 heterocycles. The Labute approximate surface area is 158 Å². The lowest BCUT2D eigenvalue weighted by molar-refractivity contribution is 0.0343. The van der Waals surface area contributed by atoms with Gasteiger partial charge in [-0.1, -0.05) is 18.2 Å². The molecule has 1 saturated heterocycles. The van der Waals surface area contributed by atoms with Crippen LogP contribution in [0.25, 0.3) is 10.9 Å². The molecule has 1 aliphatic rings. The molecule has 4 rings (SSSR count). The molecule has 27 heavy (non-hydrogen) atoms. The van der Waals surface area contributed by atoms with E-state index in [1.807, 2.05) is 12.1 Å². The molecule has 0 saturated carbocycles. The first-order valence-electron chi connectivity index (χ1n) is 9.26. The summed E-state index contributed by atoms with van der Waals surface area (Å²) in [5, 5.41) is 14.7. The van der Waals surface area contributed by atoms with Gasteiger partial charge >= 0.3 is 0 Å². The molecule has 3 aromatic rings. The lowest BCUT2D eigenvalue weighted by atomic mass is 10.0. The minimum atomic E-state index is -0.589. The van der Waals surface area contributed by atoms with E-state index in [-0.39, 0.29) is 11.9 Å². The van der Waals surface area contributed by atoms with Crippen LogP contribution in [0.2, 0.25) is 0 Å². The van der Waals surface area contributed by atoms with E-state index in [0.29, 0.717) is 12.1 Å². The Hall–Kier alpha value is -2.70. The Bertz CT molecular complexity index is 938. The molecule has 0 radical (unpaired) electrons. The molecule has 140 valence electrons. The van der Waals surface area contributed by atoms with Gasteiger partial charge in [-0.2, -0.15) is 0 Å². The van der Waals surface area contributed by atoms with Gasteiger partial charge in [-0.15, -0.1) is 0 Å². The van der Waals surface area contributed by atoms with E-state index in [2.05, 4.69) is 45.0 Å². The van der Waals surface area contributed by atoms with Crippen LogP contribution in [0.4, 0.5) is 0 Å². The average molecular weight is 364 g/mol. The fraction of sp³-hybridized carbons (Fsp3) is 0.333. The van der Waals surface area contributed by atoms with Crippen LogP contribution >= 0.6 is 0 Å². The summed E-state index contributed by atoms with van der Waals surface area (Å²) in [6.07, 6.45) is 3.31. The van der Waals surface area contributed by atoms with Gasteiger partial charge in [0, 0.05) is 50.3 Å². The predicted molar refractivity (Wildman–Crippen MR) is 104 cm³/mol. The van der Waals surface area contributed by atoms with Crippen LogP contribution in [-0.4, -0.2) is 50.7 Å². The predicted octanol–water partition coefficient (Wildman–Crippen LogP) is 1.94. The van der Waals surface area contributed by atoms with E-state index in [9.17, 15) is 9.90 Å². The molecule has 0 spiro atoms. The number of benzene rings is 1. The van der Waals surface area contributed by atoms with Crippen LogP contribution in [0.15, 0.2) is 54.9 Å². The summed E-state index contributed by atoms with van der Waals surface area (Å²) in [5.74, 6) is -0.186. The molecular weight excluding hydrogens is 340 g/mol. The van der Waals surface area contributed by atoms with Gasteiger partial charge in [-0.25, -0.2) is 0 Å². The van der Waals surface area contributed by atoms with Gasteiger partial charge in [0.2, 0.25) is 0 Å². The van der Waals surface area contributed by atoms with Crippen molar-refractivity contribution in [2.24, 2.45) is 7.05 Å². The number of para-hydroxylation sites is 1. The number of fused-ring (bicyclic) bond motifs is 1. The highest BCUT2D eigenvalue weighted by atomic mass is 16.3. The van der Waals surface area contributed by atoms with E-state index < -0.39 is 6.10 Å². The number of likely N-dealkylation sites (tertiary alicyclic amines) is 1. The molecule has 1 fully saturated rings. The zero-order valence-corrected chi connectivity index (χ0v) is 15.4. The first-order valence-corrected chi connectivity index (χ1v) is 9.26. The first-order chi connectivity index (χ1) is 13.1. The molecule has 1 amide bonds. The minimum absolute atomic E-state index is 0.186. The number of aliphatic hydroxyl groups excluding tert-OH is 1. The van der Waals surface area contributed by atoms with Crippen LogP contribution < -0.4 is 5.32 Å². The summed E-state index contributed by atoms with van der Waals surface area (Å²) < 4.78 is 2.21. The maximum atomic E-state index is 12.3. The van der Waals surface area contributed by atoms with Gasteiger partial charge in [0.25, 0.3) is 5.91 Å². The maximum Gasteiger partial charge on any atom is 0.253 e. The smallest absolute Gasteiger partial charge is 0.253 e. The summed E-state index contributed by atoms with van der Waals surface area (Å²) in [6.45, 7) is 2.15. The zero-order valence-electron chi connectivity index (χ0n) is 15.4. The molecule has 2 N–H and O–H groups in total. The number of aryl methyl sites for hydroxylation is 1. The number of β-amino-alcohol motifs (C(OH)–C–C–N with tert-alkyl or cyclic N) is 1. The van der Waals surface area contributed by atoms with Crippen molar-refractivity contribution < 1.29 is 9.90 Å². The number of carbonyl (C=O) groups excluding carboxylic acids is 1. The number of hydrogen-bond acceptors (Lipinski definition) is 4. The molecule has 0 unspecified atom stereocenters. The molecular formula is C21H24N4O2. The van der Waals surface area contributed by atoms with Gasteiger partial charge in [0.15, 0.2) is 0 Å². The fourth-order valence-corrected chi connectivity index (χ4v) is 3.78. The van der Waals surface area contributed by atoms with Crippen LogP contribution in [-0.2, 0) is 13.6 Å². The molecule has 1 aliphatic heterocycles. The Morgan fingerprint density at radius 1 is 1.30 bits per heavy atom. The number of nitrogens with one attached hydrogen (secondary N) is 1. The average Bonchev–Trinajstić information content (AvgIpc) is 3.00. The second kappa shape index (κ2) is 7.50. The number of nitrogens with zero attached hydrogens (tertiary/aromatic N) is 3. The van der Waals surface area contributed by atoms with Crippen molar-refractivity contribution in [3.05, 3.63) is 66.1 Å². The van der Waals surface area contributed by atoms with E-state index >= 15 is 0 Å². The summed E-state index contributed by atoms with van der Waals surface area (Å²) in [7, 11) is 2.08. The number of pyridine rings is 1. The minimum Gasteiger partial charge on any atom is -0.390 e. The van der Waals surface area contributed by atoms with E-state index in [1.165, 1.54) is 22.8 Å². The van der Waals surface area contributed by atoms with E-state index in [4.69, 9.17) is 0 Å². The van der Waals surface area contributed by atoms with Gasteiger partial charge in [-0.3, -0.25) is 14.7 Å². The lowest BCUT2D eigenvalue weighted by Gasteiger charge is -2.36. The maximum absolute atomic E-state index is 12.3. The van der Waals surface area contributed by atoms with Crippen molar-refractivity contribution in [2.75, 3.05) is 13.1 Å². The molecule has 0 bridgehead atoms. The molecule has 6 nitrogen and oxygen atoms in total. The van der Waals surface area contributed by atoms with Crippen LogP contribution in [0.3, 0.4) is 0 Å². The number of piperidine rings is 1. The zero-order chi connectivity index (χ0) is 18.8. The van der Waals surface area contributed by atoms with E-state index in [0.717, 1.165) is 19.5 Å². The molecule has 0 aliphatic carbocycles. The monoisotopic (exact) mass is 364 g/mol. The quantitative estimate of drug-likeness (QED) is 0.742. The number of aliphatic hydroxyl groups is 1. The Balaban J connectivity index is 1.38. The number of amides is 1. The summed E-state index contributed by atoms with van der Waals surface area (Å²) in [5.41, 5.74) is 2.95. The van der Waals surface area contributed by atoms with Crippen molar-refractivity contribution >= 4 is 16.8 Å². The van der Waals surface area contributed by atoms with E-state index in [1.54, 1.807) is 18.3 Å². The van der Waals surface area contributed by atoms with Gasteiger partial charge < -0.3 is 15.0 Å². The largest absolute Gasteiger partial charge is 0.390 e. The second-order valence-corrected chi connectivity index (χ2v) is 7.17. The lowest BCUT2D eigenvalue weighted by Crippen LogP contribution is -2.53. The summed E-state index contributed by atoms with van der Waals surface area (Å²) >= 11 is 0. The number of aromatic nitrogens is 2. The van der Waals surface area contributed by atoms with Crippen LogP contribution in [0, 0.1) is 0 Å². The highest BCUT2D eigenvalue weighted by Crippen LogP contribution is 2.21. The Morgan fingerprint density at radius 2 is 2.15 bits per heavy atom. The van der Waals surface area contributed by atoms with Gasteiger partial charge in [-0.05, 0) is 36.1 Å². The summed E-state index contributed by atoms with van der Waals surface area (Å²) in [4.78, 5) is 18.5. The van der Waals surface area contributed by atoms with Crippen molar-refractivity contribution in [1.29, 1.82) is 0 Å². The number of rotatable bonds is 4. The summed E-state index contributed by atoms with van der Waals surface area (Å²) in [6, 6.07) is 13.8.